The van der Waals surface area contributed by atoms with Gasteiger partial charge in [0.1, 0.15) is 0 Å². The Bertz CT molecular complexity index is 521. The number of halogens is 1. The van der Waals surface area contributed by atoms with E-state index in [1.165, 1.54) is 6.07 Å². The SMILES string of the molecule is O=C1C2CCCC2C(=O)N1c1ccc(O)c(F)c1. The monoisotopic (exact) mass is 249 g/mol. The molecule has 2 unspecified atom stereocenters. The number of aromatic hydroxyl groups is 1. The third-order valence-corrected chi connectivity index (χ3v) is 3.78. The third-order valence-electron chi connectivity index (χ3n) is 3.78. The number of hydrogen-bond donors (Lipinski definition) is 1. The lowest BCUT2D eigenvalue weighted by Crippen LogP contribution is -2.31. The molecule has 1 aromatic rings. The first-order chi connectivity index (χ1) is 8.59. The molecule has 2 fully saturated rings. The standard InChI is InChI=1S/C13H12FNO3/c14-10-6-7(4-5-11(10)16)15-12(17)8-2-1-3-9(8)13(15)18/h4-6,8-9,16H,1-3H2. The van der Waals surface area contributed by atoms with Gasteiger partial charge in [-0.15, -0.1) is 0 Å². The molecular weight excluding hydrogens is 237 g/mol. The molecule has 1 aromatic carbocycles. The van der Waals surface area contributed by atoms with Crippen molar-refractivity contribution in [2.24, 2.45) is 11.8 Å². The summed E-state index contributed by atoms with van der Waals surface area (Å²) in [5.74, 6) is -2.29. The van der Waals surface area contributed by atoms with Gasteiger partial charge >= 0.3 is 0 Å². The van der Waals surface area contributed by atoms with Gasteiger partial charge < -0.3 is 5.11 Å². The van der Waals surface area contributed by atoms with Crippen LogP contribution in [0.5, 0.6) is 5.75 Å². The van der Waals surface area contributed by atoms with E-state index in [9.17, 15) is 14.0 Å². The minimum atomic E-state index is -0.829. The average molecular weight is 249 g/mol. The van der Waals surface area contributed by atoms with Crippen molar-refractivity contribution in [3.63, 3.8) is 0 Å². The molecule has 0 aromatic heterocycles. The topological polar surface area (TPSA) is 57.6 Å². The Morgan fingerprint density at radius 1 is 1.17 bits per heavy atom. The number of fused-ring (bicyclic) bond motifs is 1. The lowest BCUT2D eigenvalue weighted by atomic mass is 10.00. The van der Waals surface area contributed by atoms with E-state index in [2.05, 4.69) is 0 Å². The fourth-order valence-corrected chi connectivity index (χ4v) is 2.88. The molecule has 1 heterocycles. The molecule has 94 valence electrons. The van der Waals surface area contributed by atoms with Gasteiger partial charge in [-0.25, -0.2) is 9.29 Å². The third kappa shape index (κ3) is 1.43. The van der Waals surface area contributed by atoms with Crippen molar-refractivity contribution in [1.29, 1.82) is 0 Å². The minimum absolute atomic E-state index is 0.203. The van der Waals surface area contributed by atoms with Crippen molar-refractivity contribution in [1.82, 2.24) is 0 Å². The summed E-state index contributed by atoms with van der Waals surface area (Å²) >= 11 is 0. The van der Waals surface area contributed by atoms with Crippen LogP contribution in [-0.4, -0.2) is 16.9 Å². The summed E-state index contributed by atoms with van der Waals surface area (Å²) < 4.78 is 13.3. The number of phenols is 1. The molecule has 1 N–H and O–H groups in total. The van der Waals surface area contributed by atoms with Crippen molar-refractivity contribution >= 4 is 17.5 Å². The minimum Gasteiger partial charge on any atom is -0.505 e. The Hall–Kier alpha value is -1.91. The average Bonchev–Trinajstić information content (AvgIpc) is 2.89. The number of hydrogen-bond acceptors (Lipinski definition) is 3. The maximum absolute atomic E-state index is 13.3. The van der Waals surface area contributed by atoms with Crippen LogP contribution in [0.1, 0.15) is 19.3 Å². The summed E-state index contributed by atoms with van der Waals surface area (Å²) in [6.07, 6.45) is 2.35. The van der Waals surface area contributed by atoms with Gasteiger partial charge in [0.25, 0.3) is 0 Å². The summed E-state index contributed by atoms with van der Waals surface area (Å²) in [4.78, 5) is 25.3. The number of phenolic OH excluding ortho intramolecular Hbond substituents is 1. The molecule has 3 rings (SSSR count). The van der Waals surface area contributed by atoms with E-state index in [1.54, 1.807) is 0 Å². The fourth-order valence-electron chi connectivity index (χ4n) is 2.88. The molecule has 2 atom stereocenters. The van der Waals surface area contributed by atoms with E-state index in [0.29, 0.717) is 0 Å². The molecule has 1 aliphatic carbocycles. The summed E-state index contributed by atoms with van der Waals surface area (Å²) in [7, 11) is 0. The highest BCUT2D eigenvalue weighted by Gasteiger charge is 2.50. The maximum atomic E-state index is 13.3. The van der Waals surface area contributed by atoms with Gasteiger partial charge in [0.15, 0.2) is 11.6 Å². The Labute approximate surface area is 103 Å². The largest absolute Gasteiger partial charge is 0.505 e. The predicted octanol–water partition coefficient (Wildman–Crippen LogP) is 1.82. The molecule has 4 nitrogen and oxygen atoms in total. The van der Waals surface area contributed by atoms with Gasteiger partial charge in [0.2, 0.25) is 11.8 Å². The molecule has 5 heteroatoms. The van der Waals surface area contributed by atoms with Crippen molar-refractivity contribution in [2.45, 2.75) is 19.3 Å². The number of nitrogens with zero attached hydrogens (tertiary/aromatic N) is 1. The van der Waals surface area contributed by atoms with Gasteiger partial charge in [-0.05, 0) is 25.0 Å². The number of rotatable bonds is 1. The van der Waals surface area contributed by atoms with Crippen molar-refractivity contribution in [2.75, 3.05) is 4.90 Å². The normalized spacial score (nSPS) is 26.8. The van der Waals surface area contributed by atoms with E-state index in [4.69, 9.17) is 5.11 Å². The van der Waals surface area contributed by atoms with Gasteiger partial charge in [-0.1, -0.05) is 6.42 Å². The highest BCUT2D eigenvalue weighted by atomic mass is 19.1. The van der Waals surface area contributed by atoms with Crippen LogP contribution < -0.4 is 4.90 Å². The van der Waals surface area contributed by atoms with Crippen LogP contribution in [0.3, 0.4) is 0 Å². The first-order valence-corrected chi connectivity index (χ1v) is 5.96. The first-order valence-electron chi connectivity index (χ1n) is 5.96. The Morgan fingerprint density at radius 2 is 1.78 bits per heavy atom. The van der Waals surface area contributed by atoms with E-state index >= 15 is 0 Å². The Morgan fingerprint density at radius 3 is 2.33 bits per heavy atom. The maximum Gasteiger partial charge on any atom is 0.237 e. The number of amides is 2. The highest BCUT2D eigenvalue weighted by Crippen LogP contribution is 2.41. The summed E-state index contributed by atoms with van der Waals surface area (Å²) in [6, 6.07) is 3.56. The smallest absolute Gasteiger partial charge is 0.237 e. The van der Waals surface area contributed by atoms with E-state index in [1.807, 2.05) is 0 Å². The van der Waals surface area contributed by atoms with Crippen molar-refractivity contribution in [3.8, 4) is 5.75 Å². The Balaban J connectivity index is 1.99. The second kappa shape index (κ2) is 3.80. The van der Waals surface area contributed by atoms with Crippen LogP contribution in [-0.2, 0) is 9.59 Å². The quantitative estimate of drug-likeness (QED) is 0.772. The molecule has 1 aliphatic heterocycles. The van der Waals surface area contributed by atoms with Crippen LogP contribution in [0.2, 0.25) is 0 Å². The van der Waals surface area contributed by atoms with Crippen LogP contribution in [0.15, 0.2) is 18.2 Å². The number of anilines is 1. The Kier molecular flexibility index (Phi) is 2.36. The van der Waals surface area contributed by atoms with Gasteiger partial charge in [0, 0.05) is 6.07 Å². The van der Waals surface area contributed by atoms with Crippen LogP contribution in [0.4, 0.5) is 10.1 Å². The summed E-state index contributed by atoms with van der Waals surface area (Å²) in [5, 5.41) is 9.12. The van der Waals surface area contributed by atoms with Gasteiger partial charge in [-0.2, -0.15) is 0 Å². The molecule has 2 aliphatic rings. The zero-order valence-corrected chi connectivity index (χ0v) is 9.60. The first kappa shape index (κ1) is 11.2. The molecular formula is C13H12FNO3. The summed E-state index contributed by atoms with van der Waals surface area (Å²) in [6.45, 7) is 0. The number of imide groups is 1. The number of carbonyl (C=O) groups excluding carboxylic acids is 2. The van der Waals surface area contributed by atoms with Crippen LogP contribution in [0.25, 0.3) is 0 Å². The van der Waals surface area contributed by atoms with E-state index in [-0.39, 0.29) is 29.3 Å². The number of benzene rings is 1. The fraction of sp³-hybridized carbons (Fsp3) is 0.385. The molecule has 0 radical (unpaired) electrons. The van der Waals surface area contributed by atoms with Crippen LogP contribution >= 0.6 is 0 Å². The van der Waals surface area contributed by atoms with Crippen LogP contribution in [0, 0.1) is 17.7 Å². The summed E-state index contributed by atoms with van der Waals surface area (Å²) in [5.41, 5.74) is 0.203. The molecule has 18 heavy (non-hydrogen) atoms. The zero-order valence-electron chi connectivity index (χ0n) is 9.60. The lowest BCUT2D eigenvalue weighted by Gasteiger charge is -2.16. The highest BCUT2D eigenvalue weighted by molar-refractivity contribution is 6.22. The predicted molar refractivity (Wildman–Crippen MR) is 61.4 cm³/mol. The molecule has 1 saturated carbocycles. The van der Waals surface area contributed by atoms with Gasteiger partial charge in [0.05, 0.1) is 17.5 Å². The van der Waals surface area contributed by atoms with Gasteiger partial charge in [-0.3, -0.25) is 9.59 Å². The molecule has 1 saturated heterocycles. The van der Waals surface area contributed by atoms with E-state index < -0.39 is 11.6 Å². The molecule has 0 bridgehead atoms. The van der Waals surface area contributed by atoms with E-state index in [0.717, 1.165) is 36.3 Å². The van der Waals surface area contributed by atoms with Crippen molar-refractivity contribution < 1.29 is 19.1 Å². The van der Waals surface area contributed by atoms with Crippen molar-refractivity contribution in [3.05, 3.63) is 24.0 Å². The zero-order chi connectivity index (χ0) is 12.9. The lowest BCUT2D eigenvalue weighted by molar-refractivity contribution is -0.122. The molecule has 0 spiro atoms. The number of carbonyl (C=O) groups is 2. The second-order valence-corrected chi connectivity index (χ2v) is 4.79. The second-order valence-electron chi connectivity index (χ2n) is 4.79. The molecule has 2 amide bonds.